The zero-order valence-electron chi connectivity index (χ0n) is 13.8. The first-order valence-corrected chi connectivity index (χ1v) is 8.26. The number of allylic oxidation sites excluding steroid dienone is 5. The van der Waals surface area contributed by atoms with Crippen LogP contribution in [0.3, 0.4) is 0 Å². The smallest absolute Gasteiger partial charge is 0.00759 e. The van der Waals surface area contributed by atoms with E-state index in [0.717, 1.165) is 12.8 Å². The van der Waals surface area contributed by atoms with Crippen molar-refractivity contribution in [1.82, 2.24) is 0 Å². The Balaban J connectivity index is 2.48. The molecule has 0 aliphatic heterocycles. The van der Waals surface area contributed by atoms with Crippen LogP contribution in [0.25, 0.3) is 0 Å². The van der Waals surface area contributed by atoms with Gasteiger partial charge in [0.25, 0.3) is 0 Å². The lowest BCUT2D eigenvalue weighted by atomic mass is 10.0. The Kier molecular flexibility index (Phi) is 9.28. The van der Waals surface area contributed by atoms with E-state index in [0.29, 0.717) is 0 Å². The molecule has 0 radical (unpaired) electrons. The number of benzene rings is 1. The Hall–Kier alpha value is -1.56. The third-order valence-corrected chi connectivity index (χ3v) is 3.50. The molecule has 0 saturated heterocycles. The van der Waals surface area contributed by atoms with E-state index < -0.39 is 0 Å². The van der Waals surface area contributed by atoms with Crippen molar-refractivity contribution >= 4 is 0 Å². The van der Waals surface area contributed by atoms with Crippen molar-refractivity contribution in [2.24, 2.45) is 0 Å². The van der Waals surface area contributed by atoms with Gasteiger partial charge in [-0.1, -0.05) is 86.9 Å². The summed E-state index contributed by atoms with van der Waals surface area (Å²) in [4.78, 5) is 0. The SMILES string of the molecule is C=C(C)CC(/C=C/Cc1ccccc1)=C\CCCCCC. The monoisotopic (exact) mass is 282 g/mol. The van der Waals surface area contributed by atoms with Crippen molar-refractivity contribution in [2.75, 3.05) is 0 Å². The molecule has 0 nitrogen and oxygen atoms in total. The molecule has 1 aromatic rings. The second kappa shape index (κ2) is 11.1. The largest absolute Gasteiger partial charge is 0.0998 e. The van der Waals surface area contributed by atoms with Gasteiger partial charge in [-0.05, 0) is 43.7 Å². The standard InChI is InChI=1S/C21H30/c1-4-5-6-7-9-15-21(18-19(2)3)17-12-16-20-13-10-8-11-14-20/h8,10-15,17H,2,4-7,9,16,18H2,1,3H3/b17-12+,21-15-. The molecule has 0 bridgehead atoms. The Morgan fingerprint density at radius 2 is 1.86 bits per heavy atom. The van der Waals surface area contributed by atoms with Crippen molar-refractivity contribution in [3.05, 3.63) is 71.8 Å². The summed E-state index contributed by atoms with van der Waals surface area (Å²) in [6.07, 6.45) is 15.5. The molecule has 0 N–H and O–H groups in total. The molecule has 0 unspecified atom stereocenters. The van der Waals surface area contributed by atoms with Gasteiger partial charge in [0.2, 0.25) is 0 Å². The van der Waals surface area contributed by atoms with Gasteiger partial charge in [-0.25, -0.2) is 0 Å². The fourth-order valence-electron chi connectivity index (χ4n) is 2.37. The van der Waals surface area contributed by atoms with Gasteiger partial charge in [-0.15, -0.1) is 0 Å². The molecule has 0 atom stereocenters. The van der Waals surface area contributed by atoms with Gasteiger partial charge in [-0.3, -0.25) is 0 Å². The van der Waals surface area contributed by atoms with Crippen LogP contribution in [0, 0.1) is 0 Å². The van der Waals surface area contributed by atoms with E-state index in [9.17, 15) is 0 Å². The van der Waals surface area contributed by atoms with Crippen LogP contribution in [-0.4, -0.2) is 0 Å². The lowest BCUT2D eigenvalue weighted by Gasteiger charge is -2.03. The summed E-state index contributed by atoms with van der Waals surface area (Å²) in [5, 5.41) is 0. The van der Waals surface area contributed by atoms with Crippen LogP contribution in [0.2, 0.25) is 0 Å². The Morgan fingerprint density at radius 3 is 2.52 bits per heavy atom. The van der Waals surface area contributed by atoms with E-state index in [1.54, 1.807) is 0 Å². The summed E-state index contributed by atoms with van der Waals surface area (Å²) in [5.74, 6) is 0. The van der Waals surface area contributed by atoms with Crippen molar-refractivity contribution in [2.45, 2.75) is 58.8 Å². The Labute approximate surface area is 131 Å². The molecule has 1 rings (SSSR count). The normalized spacial score (nSPS) is 12.0. The first kappa shape index (κ1) is 17.5. The molecule has 21 heavy (non-hydrogen) atoms. The molecule has 0 aromatic heterocycles. The highest BCUT2D eigenvalue weighted by atomic mass is 14.0. The molecule has 0 saturated carbocycles. The van der Waals surface area contributed by atoms with Gasteiger partial charge in [0.15, 0.2) is 0 Å². The van der Waals surface area contributed by atoms with Crippen molar-refractivity contribution in [1.29, 1.82) is 0 Å². The van der Waals surface area contributed by atoms with Gasteiger partial charge in [0, 0.05) is 0 Å². The average Bonchev–Trinajstić information content (AvgIpc) is 2.47. The summed E-state index contributed by atoms with van der Waals surface area (Å²) in [6.45, 7) is 8.41. The fraction of sp³-hybridized carbons (Fsp3) is 0.429. The maximum Gasteiger partial charge on any atom is -0.00759 e. The quantitative estimate of drug-likeness (QED) is 0.256. The predicted octanol–water partition coefficient (Wildman–Crippen LogP) is 6.65. The zero-order valence-corrected chi connectivity index (χ0v) is 13.8. The first-order valence-electron chi connectivity index (χ1n) is 8.26. The molecule has 0 aliphatic rings. The molecule has 0 amide bonds. The minimum absolute atomic E-state index is 0.999. The fourth-order valence-corrected chi connectivity index (χ4v) is 2.37. The Bertz CT molecular complexity index is 448. The van der Waals surface area contributed by atoms with Crippen molar-refractivity contribution in [3.8, 4) is 0 Å². The van der Waals surface area contributed by atoms with Gasteiger partial charge >= 0.3 is 0 Å². The van der Waals surface area contributed by atoms with E-state index in [-0.39, 0.29) is 0 Å². The van der Waals surface area contributed by atoms with Gasteiger partial charge in [0.05, 0.1) is 0 Å². The van der Waals surface area contributed by atoms with Gasteiger partial charge in [0.1, 0.15) is 0 Å². The zero-order chi connectivity index (χ0) is 15.3. The number of hydrogen-bond donors (Lipinski definition) is 0. The minimum atomic E-state index is 0.999. The van der Waals surface area contributed by atoms with E-state index in [1.165, 1.54) is 48.8 Å². The maximum atomic E-state index is 4.04. The van der Waals surface area contributed by atoms with Gasteiger partial charge < -0.3 is 0 Å². The van der Waals surface area contributed by atoms with Crippen LogP contribution in [0.5, 0.6) is 0 Å². The minimum Gasteiger partial charge on any atom is -0.0998 e. The molecule has 1 aromatic carbocycles. The highest BCUT2D eigenvalue weighted by Crippen LogP contribution is 2.14. The second-order valence-electron chi connectivity index (χ2n) is 5.85. The van der Waals surface area contributed by atoms with E-state index in [4.69, 9.17) is 0 Å². The molecular weight excluding hydrogens is 252 g/mol. The van der Waals surface area contributed by atoms with Crippen LogP contribution >= 0.6 is 0 Å². The summed E-state index contributed by atoms with van der Waals surface area (Å²) < 4.78 is 0. The molecule has 0 heteroatoms. The predicted molar refractivity (Wildman–Crippen MR) is 95.6 cm³/mol. The van der Waals surface area contributed by atoms with Gasteiger partial charge in [-0.2, -0.15) is 0 Å². The van der Waals surface area contributed by atoms with Crippen LogP contribution in [0.4, 0.5) is 0 Å². The average molecular weight is 282 g/mol. The lowest BCUT2D eigenvalue weighted by molar-refractivity contribution is 0.673. The number of unbranched alkanes of at least 4 members (excludes halogenated alkanes) is 4. The third kappa shape index (κ3) is 9.07. The molecule has 0 spiro atoms. The van der Waals surface area contributed by atoms with E-state index >= 15 is 0 Å². The van der Waals surface area contributed by atoms with Crippen LogP contribution in [-0.2, 0) is 6.42 Å². The van der Waals surface area contributed by atoms with Crippen molar-refractivity contribution in [3.63, 3.8) is 0 Å². The van der Waals surface area contributed by atoms with Crippen LogP contribution in [0.15, 0.2) is 66.3 Å². The molecule has 0 heterocycles. The molecular formula is C21H30. The first-order chi connectivity index (χ1) is 10.2. The topological polar surface area (TPSA) is 0 Å². The van der Waals surface area contributed by atoms with E-state index in [2.05, 4.69) is 69.0 Å². The summed E-state index contributed by atoms with van der Waals surface area (Å²) in [7, 11) is 0. The van der Waals surface area contributed by atoms with Crippen molar-refractivity contribution < 1.29 is 0 Å². The number of hydrogen-bond acceptors (Lipinski definition) is 0. The highest BCUT2D eigenvalue weighted by Gasteiger charge is 1.95. The molecule has 0 aliphatic carbocycles. The molecule has 114 valence electrons. The maximum absolute atomic E-state index is 4.04. The van der Waals surface area contributed by atoms with Crippen LogP contribution in [0.1, 0.15) is 57.9 Å². The summed E-state index contributed by atoms with van der Waals surface area (Å²) >= 11 is 0. The second-order valence-corrected chi connectivity index (χ2v) is 5.85. The van der Waals surface area contributed by atoms with E-state index in [1.807, 2.05) is 0 Å². The molecule has 0 fully saturated rings. The highest BCUT2D eigenvalue weighted by molar-refractivity contribution is 5.26. The lowest BCUT2D eigenvalue weighted by Crippen LogP contribution is -1.84. The summed E-state index contributed by atoms with van der Waals surface area (Å²) in [5.41, 5.74) is 4.01. The number of rotatable bonds is 10. The van der Waals surface area contributed by atoms with Crippen LogP contribution < -0.4 is 0 Å². The summed E-state index contributed by atoms with van der Waals surface area (Å²) in [6, 6.07) is 10.6. The third-order valence-electron chi connectivity index (χ3n) is 3.50. The Morgan fingerprint density at radius 1 is 1.10 bits per heavy atom.